The molecule has 7 nitrogen and oxygen atoms in total. The molecule has 30 heavy (non-hydrogen) atoms. The predicted molar refractivity (Wildman–Crippen MR) is 117 cm³/mol. The van der Waals surface area contributed by atoms with Crippen LogP contribution in [0.4, 0.5) is 0 Å². The van der Waals surface area contributed by atoms with E-state index in [9.17, 15) is 9.59 Å². The monoisotopic (exact) mass is 419 g/mol. The van der Waals surface area contributed by atoms with E-state index < -0.39 is 0 Å². The molecule has 1 amide bonds. The first-order valence-corrected chi connectivity index (χ1v) is 10.6. The molecule has 0 atom stereocenters. The highest BCUT2D eigenvalue weighted by Crippen LogP contribution is 2.24. The van der Waals surface area contributed by atoms with E-state index in [0.717, 1.165) is 16.3 Å². The molecule has 2 aromatic carbocycles. The average molecular weight is 420 g/mol. The minimum absolute atomic E-state index is 0.133. The topological polar surface area (TPSA) is 89.8 Å². The Hall–Kier alpha value is -3.39. The lowest BCUT2D eigenvalue weighted by molar-refractivity contribution is -0.121. The number of carbonyl (C=O) groups is 1. The van der Waals surface area contributed by atoms with Gasteiger partial charge in [-0.05, 0) is 19.1 Å². The lowest BCUT2D eigenvalue weighted by Gasteiger charge is -2.06. The number of aromatic nitrogens is 4. The molecule has 0 aliphatic heterocycles. The summed E-state index contributed by atoms with van der Waals surface area (Å²) < 4.78 is 1.23. The molecule has 4 rings (SSSR count). The van der Waals surface area contributed by atoms with Crippen LogP contribution in [0.2, 0.25) is 0 Å². The molecule has 152 valence electrons. The van der Waals surface area contributed by atoms with Crippen molar-refractivity contribution < 1.29 is 4.79 Å². The summed E-state index contributed by atoms with van der Waals surface area (Å²) in [7, 11) is 0. The van der Waals surface area contributed by atoms with E-state index in [0.29, 0.717) is 23.9 Å². The number of hydrogen-bond acceptors (Lipinski definition) is 6. The molecule has 0 saturated heterocycles. The number of nitrogens with one attached hydrogen (secondary N) is 1. The zero-order valence-corrected chi connectivity index (χ0v) is 17.4. The van der Waals surface area contributed by atoms with E-state index in [1.807, 2.05) is 5.38 Å². The molecule has 8 heteroatoms. The SMILES string of the molecule is Cc1ccc(-c2nc(CCNC(=O)CCn3nnc4ccccc4c3=O)cs2)cc1. The van der Waals surface area contributed by atoms with Crippen molar-refractivity contribution in [2.24, 2.45) is 0 Å². The maximum Gasteiger partial charge on any atom is 0.277 e. The second-order valence-electron chi connectivity index (χ2n) is 6.99. The van der Waals surface area contributed by atoms with E-state index >= 15 is 0 Å². The molecule has 0 radical (unpaired) electrons. The van der Waals surface area contributed by atoms with Crippen LogP contribution in [0.15, 0.2) is 58.7 Å². The molecule has 0 aliphatic carbocycles. The minimum Gasteiger partial charge on any atom is -0.356 e. The van der Waals surface area contributed by atoms with Gasteiger partial charge in [-0.25, -0.2) is 9.67 Å². The molecule has 2 aromatic heterocycles. The first kappa shape index (κ1) is 19.9. The number of carbonyl (C=O) groups excluding carboxylic acids is 1. The van der Waals surface area contributed by atoms with E-state index in [2.05, 4.69) is 51.8 Å². The van der Waals surface area contributed by atoms with Crippen molar-refractivity contribution in [3.8, 4) is 10.6 Å². The quantitative estimate of drug-likeness (QED) is 0.497. The molecule has 0 aliphatic rings. The van der Waals surface area contributed by atoms with Gasteiger partial charge in [0.05, 0.1) is 17.6 Å². The smallest absolute Gasteiger partial charge is 0.277 e. The first-order chi connectivity index (χ1) is 14.6. The predicted octanol–water partition coefficient (Wildman–Crippen LogP) is 2.97. The second kappa shape index (κ2) is 8.96. The van der Waals surface area contributed by atoms with Gasteiger partial charge in [0.25, 0.3) is 5.56 Å². The van der Waals surface area contributed by atoms with E-state index in [1.165, 1.54) is 10.2 Å². The Labute approximate surface area is 177 Å². The number of nitrogens with zero attached hydrogens (tertiary/aromatic N) is 4. The van der Waals surface area contributed by atoms with Crippen molar-refractivity contribution in [1.82, 2.24) is 25.3 Å². The highest BCUT2D eigenvalue weighted by Gasteiger charge is 2.09. The van der Waals surface area contributed by atoms with Crippen LogP contribution in [-0.4, -0.2) is 32.4 Å². The van der Waals surface area contributed by atoms with Gasteiger partial charge < -0.3 is 5.32 Å². The fourth-order valence-electron chi connectivity index (χ4n) is 3.05. The van der Waals surface area contributed by atoms with Gasteiger partial charge in [-0.15, -0.1) is 16.4 Å². The Morgan fingerprint density at radius 2 is 1.93 bits per heavy atom. The summed E-state index contributed by atoms with van der Waals surface area (Å²) in [5.74, 6) is -0.133. The molecule has 4 aromatic rings. The van der Waals surface area contributed by atoms with Crippen LogP contribution in [0.3, 0.4) is 0 Å². The number of hydrogen-bond donors (Lipinski definition) is 1. The number of fused-ring (bicyclic) bond motifs is 1. The van der Waals surface area contributed by atoms with Gasteiger partial charge in [0, 0.05) is 30.3 Å². The van der Waals surface area contributed by atoms with Gasteiger partial charge in [-0.3, -0.25) is 9.59 Å². The Morgan fingerprint density at radius 1 is 1.13 bits per heavy atom. The lowest BCUT2D eigenvalue weighted by Crippen LogP contribution is -2.30. The van der Waals surface area contributed by atoms with Crippen LogP contribution >= 0.6 is 11.3 Å². The minimum atomic E-state index is -0.237. The molecule has 2 heterocycles. The number of thiazole rings is 1. The van der Waals surface area contributed by atoms with Gasteiger partial charge in [0.15, 0.2) is 0 Å². The molecule has 1 N–H and O–H groups in total. The van der Waals surface area contributed by atoms with Crippen molar-refractivity contribution in [3.05, 3.63) is 75.5 Å². The standard InChI is InChI=1S/C22H21N5O2S/c1-15-6-8-16(9-7-15)21-24-17(14-30-21)10-12-23-20(28)11-13-27-22(29)18-4-2-3-5-19(18)25-26-27/h2-9,14H,10-13H2,1H3,(H,23,28). The van der Waals surface area contributed by atoms with E-state index in [-0.39, 0.29) is 24.4 Å². The molecule has 0 bridgehead atoms. The molecular weight excluding hydrogens is 398 g/mol. The molecule has 0 saturated carbocycles. The maximum absolute atomic E-state index is 12.4. The Bertz CT molecular complexity index is 1230. The normalized spacial score (nSPS) is 11.0. The number of benzene rings is 2. The number of aryl methyl sites for hydroxylation is 2. The average Bonchev–Trinajstić information content (AvgIpc) is 3.23. The third kappa shape index (κ3) is 4.60. The van der Waals surface area contributed by atoms with Gasteiger partial charge in [-0.1, -0.05) is 47.2 Å². The Balaban J connectivity index is 1.27. The third-order valence-corrected chi connectivity index (χ3v) is 5.67. The molecule has 0 fully saturated rings. The number of rotatable bonds is 7. The van der Waals surface area contributed by atoms with Gasteiger partial charge in [-0.2, -0.15) is 0 Å². The third-order valence-electron chi connectivity index (χ3n) is 4.73. The highest BCUT2D eigenvalue weighted by atomic mass is 32.1. The van der Waals surface area contributed by atoms with Crippen LogP contribution in [0, 0.1) is 6.92 Å². The zero-order chi connectivity index (χ0) is 20.9. The van der Waals surface area contributed by atoms with E-state index in [1.54, 1.807) is 35.6 Å². The van der Waals surface area contributed by atoms with Crippen molar-refractivity contribution in [1.29, 1.82) is 0 Å². The summed E-state index contributed by atoms with van der Waals surface area (Å²) >= 11 is 1.60. The molecular formula is C22H21N5O2S. The van der Waals surface area contributed by atoms with Crippen molar-refractivity contribution >= 4 is 28.1 Å². The van der Waals surface area contributed by atoms with Crippen molar-refractivity contribution in [2.45, 2.75) is 26.3 Å². The van der Waals surface area contributed by atoms with Crippen LogP contribution < -0.4 is 10.9 Å². The fraction of sp³-hybridized carbons (Fsp3) is 0.227. The van der Waals surface area contributed by atoms with Gasteiger partial charge >= 0.3 is 0 Å². The summed E-state index contributed by atoms with van der Waals surface area (Å²) in [5, 5.41) is 14.3. The highest BCUT2D eigenvalue weighted by molar-refractivity contribution is 7.13. The Kier molecular flexibility index (Phi) is 5.94. The van der Waals surface area contributed by atoms with Gasteiger partial charge in [0.2, 0.25) is 5.91 Å². The maximum atomic E-state index is 12.4. The summed E-state index contributed by atoms with van der Waals surface area (Å²) in [4.78, 5) is 29.2. The first-order valence-electron chi connectivity index (χ1n) is 9.71. The second-order valence-corrected chi connectivity index (χ2v) is 7.85. The Morgan fingerprint density at radius 3 is 2.77 bits per heavy atom. The van der Waals surface area contributed by atoms with Crippen LogP contribution in [-0.2, 0) is 17.8 Å². The van der Waals surface area contributed by atoms with Crippen LogP contribution in [0.5, 0.6) is 0 Å². The summed E-state index contributed by atoms with van der Waals surface area (Å²) in [6.45, 7) is 2.74. The van der Waals surface area contributed by atoms with Crippen LogP contribution in [0.1, 0.15) is 17.7 Å². The zero-order valence-electron chi connectivity index (χ0n) is 16.5. The molecule has 0 spiro atoms. The number of amides is 1. The van der Waals surface area contributed by atoms with Crippen LogP contribution in [0.25, 0.3) is 21.5 Å². The van der Waals surface area contributed by atoms with Gasteiger partial charge in [0.1, 0.15) is 10.5 Å². The van der Waals surface area contributed by atoms with Crippen molar-refractivity contribution in [3.63, 3.8) is 0 Å². The summed E-state index contributed by atoms with van der Waals surface area (Å²) in [6, 6.07) is 15.3. The van der Waals surface area contributed by atoms with E-state index in [4.69, 9.17) is 0 Å². The fourth-order valence-corrected chi connectivity index (χ4v) is 3.91. The summed E-state index contributed by atoms with van der Waals surface area (Å²) in [5.41, 5.74) is 3.58. The summed E-state index contributed by atoms with van der Waals surface area (Å²) in [6.07, 6.45) is 0.822. The largest absolute Gasteiger partial charge is 0.356 e. The van der Waals surface area contributed by atoms with Crippen molar-refractivity contribution in [2.75, 3.05) is 6.54 Å². The lowest BCUT2D eigenvalue weighted by atomic mass is 10.2. The molecule has 0 unspecified atom stereocenters.